The second-order valence-corrected chi connectivity index (χ2v) is 17.8. The number of aromatic nitrogens is 3. The van der Waals surface area contributed by atoms with E-state index in [1.807, 2.05) is 35.9 Å². The third kappa shape index (κ3) is 4.63. The maximum Gasteiger partial charge on any atom is 0.179 e. The topological polar surface area (TPSA) is 30.7 Å². The Bertz CT molecular complexity index is 2810. The van der Waals surface area contributed by atoms with Crippen molar-refractivity contribution in [1.29, 1.82) is 0 Å². The van der Waals surface area contributed by atoms with Gasteiger partial charge in [-0.25, -0.2) is 4.98 Å². The van der Waals surface area contributed by atoms with Gasteiger partial charge in [-0.15, -0.1) is 11.3 Å². The van der Waals surface area contributed by atoms with E-state index in [0.29, 0.717) is 0 Å². The van der Waals surface area contributed by atoms with Crippen molar-refractivity contribution in [3.63, 3.8) is 0 Å². The van der Waals surface area contributed by atoms with Gasteiger partial charge < -0.3 is 0 Å². The molecule has 4 aromatic heterocycles. The predicted molar refractivity (Wildman–Crippen MR) is 218 cm³/mol. The van der Waals surface area contributed by atoms with Gasteiger partial charge in [0.05, 0.1) is 16.7 Å². The molecule has 0 saturated carbocycles. The molecule has 0 saturated heterocycles. The molecule has 0 fully saturated rings. The van der Waals surface area contributed by atoms with E-state index in [0.717, 1.165) is 22.6 Å². The van der Waals surface area contributed by atoms with Gasteiger partial charge in [-0.2, -0.15) is 0 Å². The molecule has 4 heterocycles. The van der Waals surface area contributed by atoms with Gasteiger partial charge in [-0.3, -0.25) is 9.55 Å². The third-order valence-electron chi connectivity index (χ3n) is 10.3. The Morgan fingerprint density at radius 1 is 0.451 bits per heavy atom. The van der Waals surface area contributed by atoms with Gasteiger partial charge in [0.15, 0.2) is 8.07 Å². The van der Waals surface area contributed by atoms with E-state index in [2.05, 4.69) is 168 Å². The fraction of sp³-hybridized carbons (Fsp3) is 0. The van der Waals surface area contributed by atoms with Crippen molar-refractivity contribution in [2.24, 2.45) is 0 Å². The number of hydrogen-bond acceptors (Lipinski definition) is 3. The molecule has 0 radical (unpaired) electrons. The highest BCUT2D eigenvalue weighted by Crippen LogP contribution is 2.43. The predicted octanol–water partition coefficient (Wildman–Crippen LogP) is 8.99. The molecular weight excluding hydrogens is 655 g/mol. The second-order valence-electron chi connectivity index (χ2n) is 13.0. The van der Waals surface area contributed by atoms with Gasteiger partial charge in [0.2, 0.25) is 0 Å². The summed E-state index contributed by atoms with van der Waals surface area (Å²) in [6, 6.07) is 64.3. The molecule has 0 aliphatic carbocycles. The summed E-state index contributed by atoms with van der Waals surface area (Å²) >= 11 is 1.88. The Balaban J connectivity index is 1.34. The first kappa shape index (κ1) is 29.7. The van der Waals surface area contributed by atoms with Crippen molar-refractivity contribution in [1.82, 2.24) is 14.5 Å². The molecule has 0 bridgehead atoms. The molecule has 0 atom stereocenters. The van der Waals surface area contributed by atoms with Crippen molar-refractivity contribution in [3.05, 3.63) is 188 Å². The summed E-state index contributed by atoms with van der Waals surface area (Å²) in [6.07, 6.45) is 3.77. The largest absolute Gasteiger partial charge is 0.294 e. The summed E-state index contributed by atoms with van der Waals surface area (Å²) in [4.78, 5) is 9.67. The van der Waals surface area contributed by atoms with E-state index in [1.165, 1.54) is 57.2 Å². The zero-order valence-corrected chi connectivity index (χ0v) is 29.5. The first-order valence-electron chi connectivity index (χ1n) is 17.2. The summed E-state index contributed by atoms with van der Waals surface area (Å²) in [6.45, 7) is 0. The lowest BCUT2D eigenvalue weighted by Gasteiger charge is -2.34. The smallest absolute Gasteiger partial charge is 0.179 e. The SMILES string of the molecule is c1ccc([Si](c2ccccc2)(c2cccc(-c3ccccn3)c2)c2ccc3c4c5sc6ccccc6c5ccc4n(-c4ccccn4)c3c2)cc1. The van der Waals surface area contributed by atoms with Crippen LogP contribution in [0.25, 0.3) is 59.1 Å². The lowest BCUT2D eigenvalue weighted by molar-refractivity contribution is 1.08. The van der Waals surface area contributed by atoms with Gasteiger partial charge in [0.25, 0.3) is 0 Å². The number of nitrogens with zero attached hydrogens (tertiary/aromatic N) is 3. The Labute approximate surface area is 300 Å². The van der Waals surface area contributed by atoms with Crippen LogP contribution in [-0.4, -0.2) is 22.6 Å². The fourth-order valence-electron chi connectivity index (χ4n) is 8.07. The van der Waals surface area contributed by atoms with Crippen molar-refractivity contribution in [2.45, 2.75) is 0 Å². The van der Waals surface area contributed by atoms with E-state index in [4.69, 9.17) is 9.97 Å². The molecule has 5 heteroatoms. The van der Waals surface area contributed by atoms with Gasteiger partial charge in [-0.1, -0.05) is 133 Å². The first-order chi connectivity index (χ1) is 25.3. The van der Waals surface area contributed by atoms with Crippen LogP contribution in [0.5, 0.6) is 0 Å². The van der Waals surface area contributed by atoms with Crippen LogP contribution in [0.2, 0.25) is 0 Å². The Hall–Kier alpha value is -6.14. The number of benzene rings is 6. The Morgan fingerprint density at radius 3 is 1.86 bits per heavy atom. The molecule has 240 valence electrons. The minimum atomic E-state index is -2.89. The minimum absolute atomic E-state index is 0.916. The highest BCUT2D eigenvalue weighted by atomic mass is 32.1. The van der Waals surface area contributed by atoms with Crippen LogP contribution in [0.4, 0.5) is 0 Å². The van der Waals surface area contributed by atoms with Gasteiger partial charge >= 0.3 is 0 Å². The lowest BCUT2D eigenvalue weighted by atomic mass is 10.1. The molecule has 0 N–H and O–H groups in total. The second kappa shape index (κ2) is 12.0. The van der Waals surface area contributed by atoms with E-state index < -0.39 is 8.07 Å². The molecule has 3 nitrogen and oxygen atoms in total. The Morgan fingerprint density at radius 2 is 1.12 bits per heavy atom. The molecular formula is C46H31N3SSi. The Kier molecular flexibility index (Phi) is 7.01. The van der Waals surface area contributed by atoms with Crippen LogP contribution in [0.3, 0.4) is 0 Å². The normalized spacial score (nSPS) is 11.9. The molecule has 0 aliphatic rings. The molecule has 10 rings (SSSR count). The van der Waals surface area contributed by atoms with Crippen LogP contribution in [0.1, 0.15) is 0 Å². The molecule has 0 amide bonds. The average Bonchev–Trinajstić information content (AvgIpc) is 3.75. The van der Waals surface area contributed by atoms with Crippen LogP contribution in [0, 0.1) is 0 Å². The number of pyridine rings is 2. The highest BCUT2D eigenvalue weighted by Gasteiger charge is 2.42. The monoisotopic (exact) mass is 685 g/mol. The van der Waals surface area contributed by atoms with E-state index in [1.54, 1.807) is 0 Å². The maximum atomic E-state index is 4.93. The van der Waals surface area contributed by atoms with E-state index >= 15 is 0 Å². The molecule has 0 unspecified atom stereocenters. The zero-order chi connectivity index (χ0) is 33.8. The van der Waals surface area contributed by atoms with Crippen molar-refractivity contribution < 1.29 is 0 Å². The van der Waals surface area contributed by atoms with E-state index in [-0.39, 0.29) is 0 Å². The van der Waals surface area contributed by atoms with Gasteiger partial charge in [0, 0.05) is 48.9 Å². The van der Waals surface area contributed by atoms with Crippen molar-refractivity contribution in [3.8, 4) is 17.1 Å². The quantitative estimate of drug-likeness (QED) is 0.129. The summed E-state index contributed by atoms with van der Waals surface area (Å²) in [5.41, 5.74) is 4.42. The number of fused-ring (bicyclic) bond motifs is 7. The maximum absolute atomic E-state index is 4.93. The van der Waals surface area contributed by atoms with Crippen LogP contribution >= 0.6 is 11.3 Å². The summed E-state index contributed by atoms with van der Waals surface area (Å²) in [7, 11) is -2.89. The minimum Gasteiger partial charge on any atom is -0.294 e. The van der Waals surface area contributed by atoms with Crippen LogP contribution < -0.4 is 20.7 Å². The molecule has 10 aromatic rings. The first-order valence-corrected chi connectivity index (χ1v) is 20.1. The van der Waals surface area contributed by atoms with Crippen molar-refractivity contribution in [2.75, 3.05) is 0 Å². The highest BCUT2D eigenvalue weighted by molar-refractivity contribution is 7.26. The third-order valence-corrected chi connectivity index (χ3v) is 16.2. The lowest BCUT2D eigenvalue weighted by Crippen LogP contribution is -2.74. The molecule has 0 spiro atoms. The van der Waals surface area contributed by atoms with Gasteiger partial charge in [0.1, 0.15) is 5.82 Å². The average molecular weight is 686 g/mol. The molecule has 51 heavy (non-hydrogen) atoms. The number of thiophene rings is 1. The van der Waals surface area contributed by atoms with Crippen LogP contribution in [-0.2, 0) is 0 Å². The summed E-state index contributed by atoms with van der Waals surface area (Å²) < 4.78 is 5.00. The molecule has 0 aliphatic heterocycles. The standard InChI is InChI=1S/C46H31N3SSi/c1-3-15-33(16-4-1)51(34-17-5-2-6-18-34,35-19-13-14-32(30-35)40-21-9-11-28-47-40)36-24-25-39-42(31-36)49(44-23-10-12-29-48-44)41-27-26-38-37-20-7-8-22-43(37)50-46(38)45(39)41/h1-31H. The fourth-order valence-corrected chi connectivity index (χ4v) is 14.1. The summed E-state index contributed by atoms with van der Waals surface area (Å²) in [5, 5.41) is 10.4. The van der Waals surface area contributed by atoms with Gasteiger partial charge in [-0.05, 0) is 63.2 Å². The van der Waals surface area contributed by atoms with Crippen LogP contribution in [0.15, 0.2) is 188 Å². The summed E-state index contributed by atoms with van der Waals surface area (Å²) in [5.74, 6) is 0.916. The number of hydrogen-bond donors (Lipinski definition) is 0. The number of rotatable bonds is 6. The van der Waals surface area contributed by atoms with E-state index in [9.17, 15) is 0 Å². The van der Waals surface area contributed by atoms with Crippen molar-refractivity contribution >= 4 is 82.1 Å². The molecule has 6 aromatic carbocycles. The zero-order valence-electron chi connectivity index (χ0n) is 27.6.